The number of nitrogens with one attached hydrogen (secondary N) is 1. The number of aromatic nitrogens is 2. The van der Waals surface area contributed by atoms with E-state index in [0.717, 1.165) is 63.5 Å². The van der Waals surface area contributed by atoms with E-state index in [-0.39, 0.29) is 5.92 Å². The van der Waals surface area contributed by atoms with Crippen LogP contribution in [0.4, 0.5) is 5.82 Å². The van der Waals surface area contributed by atoms with Crippen LogP contribution in [0.1, 0.15) is 44.3 Å². The number of nitrogens with zero attached hydrogens (tertiary/aromatic N) is 4. The van der Waals surface area contributed by atoms with Gasteiger partial charge in [0.1, 0.15) is 11.6 Å². The summed E-state index contributed by atoms with van der Waals surface area (Å²) in [4.78, 5) is 26.1. The molecular formula is C19H29N5O. The van der Waals surface area contributed by atoms with Crippen LogP contribution in [0.25, 0.3) is 0 Å². The van der Waals surface area contributed by atoms with Crippen LogP contribution in [0.5, 0.6) is 0 Å². The smallest absolute Gasteiger partial charge is 0.224 e. The lowest BCUT2D eigenvalue weighted by molar-refractivity contribution is -0.127. The fraction of sp³-hybridized carbons (Fsp3) is 0.737. The Morgan fingerprint density at radius 1 is 1.16 bits per heavy atom. The van der Waals surface area contributed by atoms with Gasteiger partial charge in [-0.15, -0.1) is 0 Å². The minimum atomic E-state index is 0.192. The molecule has 1 N–H and O–H groups in total. The second kappa shape index (κ2) is 7.28. The molecule has 136 valence electrons. The highest BCUT2D eigenvalue weighted by Gasteiger charge is 2.33. The maximum atomic E-state index is 12.4. The van der Waals surface area contributed by atoms with Crippen molar-refractivity contribution in [3.63, 3.8) is 0 Å². The predicted octanol–water partition coefficient (Wildman–Crippen LogP) is 1.74. The molecule has 1 aromatic heterocycles. The van der Waals surface area contributed by atoms with Crippen LogP contribution in [0, 0.1) is 12.8 Å². The fourth-order valence-electron chi connectivity index (χ4n) is 4.18. The molecule has 6 nitrogen and oxygen atoms in total. The van der Waals surface area contributed by atoms with Crippen LogP contribution in [-0.2, 0) is 4.79 Å². The Bertz CT molecular complexity index is 610. The first-order chi connectivity index (χ1) is 12.2. The molecule has 0 unspecified atom stereocenters. The summed E-state index contributed by atoms with van der Waals surface area (Å²) >= 11 is 0. The first-order valence-electron chi connectivity index (χ1n) is 9.78. The Morgan fingerprint density at radius 3 is 2.68 bits per heavy atom. The number of carbonyl (C=O) groups is 1. The molecule has 0 aromatic carbocycles. The maximum Gasteiger partial charge on any atom is 0.224 e. The van der Waals surface area contributed by atoms with Gasteiger partial charge in [0, 0.05) is 37.9 Å². The molecule has 1 atom stereocenters. The van der Waals surface area contributed by atoms with E-state index in [1.807, 2.05) is 19.2 Å². The fourth-order valence-corrected chi connectivity index (χ4v) is 4.18. The van der Waals surface area contributed by atoms with Crippen molar-refractivity contribution in [2.75, 3.05) is 31.1 Å². The first kappa shape index (κ1) is 16.8. The Balaban J connectivity index is 1.30. The van der Waals surface area contributed by atoms with Crippen molar-refractivity contribution in [2.24, 2.45) is 5.92 Å². The van der Waals surface area contributed by atoms with Crippen LogP contribution in [-0.4, -0.2) is 59.0 Å². The van der Waals surface area contributed by atoms with E-state index in [1.54, 1.807) is 0 Å². The summed E-state index contributed by atoms with van der Waals surface area (Å²) in [5.74, 6) is 2.37. The summed E-state index contributed by atoms with van der Waals surface area (Å²) in [7, 11) is 0. The normalized spacial score (nSPS) is 25.8. The van der Waals surface area contributed by atoms with Gasteiger partial charge in [-0.1, -0.05) is 0 Å². The number of hydrogen-bond acceptors (Lipinski definition) is 5. The van der Waals surface area contributed by atoms with Crippen molar-refractivity contribution in [1.29, 1.82) is 0 Å². The van der Waals surface area contributed by atoms with Gasteiger partial charge in [-0.2, -0.15) is 0 Å². The average Bonchev–Trinajstić information content (AvgIpc) is 3.46. The second-order valence-electron chi connectivity index (χ2n) is 7.80. The highest BCUT2D eigenvalue weighted by Crippen LogP contribution is 2.27. The third kappa shape index (κ3) is 4.11. The van der Waals surface area contributed by atoms with Gasteiger partial charge in [0.05, 0.1) is 5.92 Å². The predicted molar refractivity (Wildman–Crippen MR) is 97.5 cm³/mol. The zero-order valence-electron chi connectivity index (χ0n) is 15.2. The van der Waals surface area contributed by atoms with Gasteiger partial charge in [-0.05, 0) is 58.1 Å². The van der Waals surface area contributed by atoms with Crippen molar-refractivity contribution >= 4 is 11.7 Å². The molecule has 2 aliphatic heterocycles. The minimum Gasteiger partial charge on any atom is -0.356 e. The SMILES string of the molecule is Cc1nccc(N2CCC(N3CCC[C@@H](C(=O)NC4CC4)C3)CC2)n1. The van der Waals surface area contributed by atoms with E-state index >= 15 is 0 Å². The van der Waals surface area contributed by atoms with Gasteiger partial charge in [0.25, 0.3) is 0 Å². The van der Waals surface area contributed by atoms with E-state index in [0.29, 0.717) is 18.0 Å². The van der Waals surface area contributed by atoms with E-state index < -0.39 is 0 Å². The van der Waals surface area contributed by atoms with Crippen molar-refractivity contribution in [1.82, 2.24) is 20.2 Å². The Hall–Kier alpha value is -1.69. The van der Waals surface area contributed by atoms with Gasteiger partial charge < -0.3 is 10.2 Å². The highest BCUT2D eigenvalue weighted by molar-refractivity contribution is 5.79. The number of hydrogen-bond donors (Lipinski definition) is 1. The number of amides is 1. The van der Waals surface area contributed by atoms with Crippen LogP contribution >= 0.6 is 0 Å². The molecule has 3 aliphatic rings. The molecule has 1 amide bonds. The molecular weight excluding hydrogens is 314 g/mol. The Labute approximate surface area is 150 Å². The summed E-state index contributed by atoms with van der Waals surface area (Å²) in [5.41, 5.74) is 0. The number of carbonyl (C=O) groups excluding carboxylic acids is 1. The summed E-state index contributed by atoms with van der Waals surface area (Å²) in [6, 6.07) is 3.09. The molecule has 1 aromatic rings. The summed E-state index contributed by atoms with van der Waals surface area (Å²) < 4.78 is 0. The minimum absolute atomic E-state index is 0.192. The summed E-state index contributed by atoms with van der Waals surface area (Å²) in [5, 5.41) is 3.19. The van der Waals surface area contributed by atoms with Crippen molar-refractivity contribution in [3.8, 4) is 0 Å². The molecule has 1 saturated carbocycles. The molecule has 2 saturated heterocycles. The number of aryl methyl sites for hydroxylation is 1. The van der Waals surface area contributed by atoms with Gasteiger partial charge in [-0.3, -0.25) is 9.69 Å². The Morgan fingerprint density at radius 2 is 1.96 bits per heavy atom. The van der Waals surface area contributed by atoms with E-state index in [2.05, 4.69) is 25.1 Å². The molecule has 4 rings (SSSR count). The molecule has 0 bridgehead atoms. The van der Waals surface area contributed by atoms with Crippen LogP contribution in [0.15, 0.2) is 12.3 Å². The lowest BCUT2D eigenvalue weighted by atomic mass is 9.93. The molecule has 3 heterocycles. The largest absolute Gasteiger partial charge is 0.356 e. The molecule has 1 aliphatic carbocycles. The topological polar surface area (TPSA) is 61.4 Å². The maximum absolute atomic E-state index is 12.4. The van der Waals surface area contributed by atoms with Gasteiger partial charge in [-0.25, -0.2) is 9.97 Å². The lowest BCUT2D eigenvalue weighted by Gasteiger charge is -2.42. The van der Waals surface area contributed by atoms with E-state index in [9.17, 15) is 4.79 Å². The zero-order valence-corrected chi connectivity index (χ0v) is 15.2. The monoisotopic (exact) mass is 343 g/mol. The summed E-state index contributed by atoms with van der Waals surface area (Å²) in [6.07, 6.45) is 8.69. The first-order valence-corrected chi connectivity index (χ1v) is 9.78. The van der Waals surface area contributed by atoms with Crippen LogP contribution in [0.3, 0.4) is 0 Å². The van der Waals surface area contributed by atoms with Crippen molar-refractivity contribution in [2.45, 2.75) is 57.5 Å². The van der Waals surface area contributed by atoms with Crippen LogP contribution in [0.2, 0.25) is 0 Å². The second-order valence-corrected chi connectivity index (χ2v) is 7.80. The standard InChI is InChI=1S/C19H29N5O/c1-14-20-9-6-18(21-14)23-11-7-17(8-12-23)24-10-2-3-15(13-24)19(25)22-16-4-5-16/h6,9,15-17H,2-5,7-8,10-13H2,1H3,(H,22,25)/t15-/m1/s1. The van der Waals surface area contributed by atoms with Gasteiger partial charge >= 0.3 is 0 Å². The number of piperidine rings is 2. The number of rotatable bonds is 4. The van der Waals surface area contributed by atoms with E-state index in [1.165, 1.54) is 12.8 Å². The third-order valence-corrected chi connectivity index (χ3v) is 5.81. The molecule has 3 fully saturated rings. The quantitative estimate of drug-likeness (QED) is 0.902. The average molecular weight is 343 g/mol. The number of likely N-dealkylation sites (tertiary alicyclic amines) is 1. The van der Waals surface area contributed by atoms with E-state index in [4.69, 9.17) is 0 Å². The van der Waals surface area contributed by atoms with Crippen molar-refractivity contribution in [3.05, 3.63) is 18.1 Å². The summed E-state index contributed by atoms with van der Waals surface area (Å²) in [6.45, 7) is 6.10. The van der Waals surface area contributed by atoms with Gasteiger partial charge in [0.15, 0.2) is 0 Å². The Kier molecular flexibility index (Phi) is 4.88. The zero-order chi connectivity index (χ0) is 17.2. The molecule has 0 spiro atoms. The number of anilines is 1. The highest BCUT2D eigenvalue weighted by atomic mass is 16.2. The van der Waals surface area contributed by atoms with Gasteiger partial charge in [0.2, 0.25) is 5.91 Å². The van der Waals surface area contributed by atoms with Crippen LogP contribution < -0.4 is 10.2 Å². The molecule has 6 heteroatoms. The lowest BCUT2D eigenvalue weighted by Crippen LogP contribution is -2.51. The molecule has 25 heavy (non-hydrogen) atoms. The third-order valence-electron chi connectivity index (χ3n) is 5.81. The molecule has 0 radical (unpaired) electrons. The van der Waals surface area contributed by atoms with Crippen molar-refractivity contribution < 1.29 is 4.79 Å².